The van der Waals surface area contributed by atoms with Gasteiger partial charge in [0.15, 0.2) is 6.10 Å². The number of amides is 1. The fourth-order valence-electron chi connectivity index (χ4n) is 1.73. The fourth-order valence-corrected chi connectivity index (χ4v) is 1.73. The molecule has 104 valence electrons. The van der Waals surface area contributed by atoms with Gasteiger partial charge in [-0.2, -0.15) is 0 Å². The number of rotatable bonds is 3. The summed E-state index contributed by atoms with van der Waals surface area (Å²) in [5, 5.41) is 0. The van der Waals surface area contributed by atoms with Crippen molar-refractivity contribution >= 4 is 22.9 Å². The monoisotopic (exact) mass is 273 g/mol. The van der Waals surface area contributed by atoms with E-state index >= 15 is 0 Å². The van der Waals surface area contributed by atoms with Crippen molar-refractivity contribution in [3.05, 3.63) is 36.2 Å². The van der Waals surface area contributed by atoms with Crippen molar-refractivity contribution < 1.29 is 14.3 Å². The molecule has 0 bridgehead atoms. The Balaban J connectivity index is 2.17. The molecule has 6 nitrogen and oxygen atoms in total. The van der Waals surface area contributed by atoms with Crippen LogP contribution in [0.1, 0.15) is 17.3 Å². The van der Waals surface area contributed by atoms with Crippen molar-refractivity contribution in [3.8, 4) is 0 Å². The van der Waals surface area contributed by atoms with Crippen LogP contribution in [0.15, 0.2) is 30.6 Å². The zero-order valence-electron chi connectivity index (χ0n) is 11.5. The van der Waals surface area contributed by atoms with Crippen LogP contribution in [0.25, 0.3) is 11.0 Å². The van der Waals surface area contributed by atoms with Crippen molar-refractivity contribution in [1.29, 1.82) is 0 Å². The number of nitrogens with zero attached hydrogens (tertiary/aromatic N) is 3. The van der Waals surface area contributed by atoms with Gasteiger partial charge < -0.3 is 9.64 Å². The van der Waals surface area contributed by atoms with Gasteiger partial charge in [0.2, 0.25) is 0 Å². The van der Waals surface area contributed by atoms with Crippen LogP contribution < -0.4 is 0 Å². The Bertz CT molecular complexity index is 655. The fraction of sp³-hybridized carbons (Fsp3) is 0.286. The second kappa shape index (κ2) is 5.64. The van der Waals surface area contributed by atoms with Crippen LogP contribution in [0.4, 0.5) is 0 Å². The van der Waals surface area contributed by atoms with E-state index in [0.29, 0.717) is 16.6 Å². The van der Waals surface area contributed by atoms with E-state index in [1.54, 1.807) is 51.6 Å². The van der Waals surface area contributed by atoms with Crippen LogP contribution in [-0.2, 0) is 9.53 Å². The number of hydrogen-bond acceptors (Lipinski definition) is 5. The molecule has 0 aliphatic rings. The quantitative estimate of drug-likeness (QED) is 0.787. The summed E-state index contributed by atoms with van der Waals surface area (Å²) in [6.45, 7) is 1.54. The number of fused-ring (bicyclic) bond motifs is 1. The summed E-state index contributed by atoms with van der Waals surface area (Å²) in [6, 6.07) is 4.89. The topological polar surface area (TPSA) is 72.4 Å². The van der Waals surface area contributed by atoms with Crippen LogP contribution in [-0.4, -0.2) is 46.9 Å². The van der Waals surface area contributed by atoms with E-state index in [1.807, 2.05) is 0 Å². The maximum absolute atomic E-state index is 12.0. The first-order chi connectivity index (χ1) is 9.49. The SMILES string of the molecule is C[C@H](OC(=O)c1ccc2nccnc2c1)C(=O)N(C)C. The predicted molar refractivity (Wildman–Crippen MR) is 73.1 cm³/mol. The number of ether oxygens (including phenoxy) is 1. The van der Waals surface area contributed by atoms with Crippen LogP contribution in [0.5, 0.6) is 0 Å². The largest absolute Gasteiger partial charge is 0.449 e. The summed E-state index contributed by atoms with van der Waals surface area (Å²) in [7, 11) is 3.22. The second-order valence-corrected chi connectivity index (χ2v) is 4.54. The Kier molecular flexibility index (Phi) is 3.93. The minimum absolute atomic E-state index is 0.265. The summed E-state index contributed by atoms with van der Waals surface area (Å²) in [4.78, 5) is 33.3. The average molecular weight is 273 g/mol. The van der Waals surface area contributed by atoms with Crippen molar-refractivity contribution in [2.24, 2.45) is 0 Å². The molecule has 20 heavy (non-hydrogen) atoms. The number of carbonyl (C=O) groups is 2. The smallest absolute Gasteiger partial charge is 0.338 e. The van der Waals surface area contributed by atoms with Gasteiger partial charge in [-0.3, -0.25) is 14.8 Å². The van der Waals surface area contributed by atoms with Crippen molar-refractivity contribution in [3.63, 3.8) is 0 Å². The van der Waals surface area contributed by atoms with Gasteiger partial charge in [-0.05, 0) is 25.1 Å². The van der Waals surface area contributed by atoms with E-state index in [4.69, 9.17) is 4.74 Å². The van der Waals surface area contributed by atoms with Crippen LogP contribution in [0.3, 0.4) is 0 Å². The van der Waals surface area contributed by atoms with Crippen molar-refractivity contribution in [2.75, 3.05) is 14.1 Å². The molecule has 2 aromatic rings. The molecule has 6 heteroatoms. The van der Waals surface area contributed by atoms with E-state index in [2.05, 4.69) is 9.97 Å². The number of carbonyl (C=O) groups excluding carboxylic acids is 2. The lowest BCUT2D eigenvalue weighted by molar-refractivity contribution is -0.137. The summed E-state index contributed by atoms with van der Waals surface area (Å²) < 4.78 is 5.13. The molecule has 0 saturated carbocycles. The van der Waals surface area contributed by atoms with E-state index < -0.39 is 12.1 Å². The van der Waals surface area contributed by atoms with Crippen molar-refractivity contribution in [2.45, 2.75) is 13.0 Å². The molecular formula is C14H15N3O3. The lowest BCUT2D eigenvalue weighted by Gasteiger charge is -2.17. The lowest BCUT2D eigenvalue weighted by atomic mass is 10.2. The van der Waals surface area contributed by atoms with Gasteiger partial charge in [0.25, 0.3) is 5.91 Å². The molecule has 0 radical (unpaired) electrons. The van der Waals surface area contributed by atoms with Gasteiger partial charge in [-0.1, -0.05) is 0 Å². The molecule has 0 aliphatic heterocycles. The molecule has 2 rings (SSSR count). The van der Waals surface area contributed by atoms with Crippen LogP contribution in [0, 0.1) is 0 Å². The normalized spacial score (nSPS) is 11.9. The third kappa shape index (κ3) is 2.90. The number of esters is 1. The molecule has 0 aliphatic carbocycles. The summed E-state index contributed by atoms with van der Waals surface area (Å²) >= 11 is 0. The number of hydrogen-bond donors (Lipinski definition) is 0. The first-order valence-corrected chi connectivity index (χ1v) is 6.12. The van der Waals surface area contributed by atoms with Crippen LogP contribution in [0.2, 0.25) is 0 Å². The molecule has 0 N–H and O–H groups in total. The number of benzene rings is 1. The van der Waals surface area contributed by atoms with E-state index in [1.165, 1.54) is 4.90 Å². The predicted octanol–water partition coefficient (Wildman–Crippen LogP) is 1.26. The third-order valence-electron chi connectivity index (χ3n) is 2.78. The Morgan fingerprint density at radius 1 is 1.15 bits per heavy atom. The Morgan fingerprint density at radius 3 is 2.45 bits per heavy atom. The highest BCUT2D eigenvalue weighted by Gasteiger charge is 2.20. The van der Waals surface area contributed by atoms with Gasteiger partial charge >= 0.3 is 5.97 Å². The molecule has 0 fully saturated rings. The lowest BCUT2D eigenvalue weighted by Crippen LogP contribution is -2.34. The summed E-state index contributed by atoms with van der Waals surface area (Å²) in [5.41, 5.74) is 1.64. The van der Waals surface area contributed by atoms with E-state index in [-0.39, 0.29) is 5.91 Å². The highest BCUT2D eigenvalue weighted by atomic mass is 16.5. The first-order valence-electron chi connectivity index (χ1n) is 6.12. The maximum atomic E-state index is 12.0. The minimum Gasteiger partial charge on any atom is -0.449 e. The first kappa shape index (κ1) is 13.9. The zero-order valence-corrected chi connectivity index (χ0v) is 11.5. The zero-order chi connectivity index (χ0) is 14.7. The number of aromatic nitrogens is 2. The Morgan fingerprint density at radius 2 is 1.80 bits per heavy atom. The standard InChI is InChI=1S/C14H15N3O3/c1-9(13(18)17(2)3)20-14(19)10-4-5-11-12(8-10)16-7-6-15-11/h4-9H,1-3H3/t9-/m0/s1. The second-order valence-electron chi connectivity index (χ2n) is 4.54. The Hall–Kier alpha value is -2.50. The number of likely N-dealkylation sites (N-methyl/N-ethyl adjacent to an activating group) is 1. The molecule has 1 aromatic heterocycles. The third-order valence-corrected chi connectivity index (χ3v) is 2.78. The summed E-state index contributed by atoms with van der Waals surface area (Å²) in [6.07, 6.45) is 2.31. The maximum Gasteiger partial charge on any atom is 0.338 e. The van der Waals surface area contributed by atoms with Gasteiger partial charge in [0.1, 0.15) is 0 Å². The summed E-state index contributed by atoms with van der Waals surface area (Å²) in [5.74, 6) is -0.820. The molecule has 0 spiro atoms. The van der Waals surface area contributed by atoms with Gasteiger partial charge in [0.05, 0.1) is 16.6 Å². The molecule has 1 atom stereocenters. The minimum atomic E-state index is -0.824. The van der Waals surface area contributed by atoms with Gasteiger partial charge in [-0.15, -0.1) is 0 Å². The molecule has 1 heterocycles. The van der Waals surface area contributed by atoms with Crippen molar-refractivity contribution in [1.82, 2.24) is 14.9 Å². The molecule has 0 saturated heterocycles. The highest BCUT2D eigenvalue weighted by Crippen LogP contribution is 2.12. The molecular weight excluding hydrogens is 258 g/mol. The molecule has 0 unspecified atom stereocenters. The van der Waals surface area contributed by atoms with E-state index in [0.717, 1.165) is 0 Å². The molecule has 1 aromatic carbocycles. The van der Waals surface area contributed by atoms with E-state index in [9.17, 15) is 9.59 Å². The van der Waals surface area contributed by atoms with Gasteiger partial charge in [-0.25, -0.2) is 4.79 Å². The average Bonchev–Trinajstić information content (AvgIpc) is 2.45. The van der Waals surface area contributed by atoms with Gasteiger partial charge in [0, 0.05) is 26.5 Å². The highest BCUT2D eigenvalue weighted by molar-refractivity contribution is 5.95. The molecule has 1 amide bonds. The van der Waals surface area contributed by atoms with Crippen LogP contribution >= 0.6 is 0 Å². The Labute approximate surface area is 116 Å².